The number of nitrogens with two attached hydrogens (primary N) is 1. The first kappa shape index (κ1) is 16.1. The number of benzene rings is 1. The maximum Gasteiger partial charge on any atom is 0.394 e. The van der Waals surface area contributed by atoms with Crippen molar-refractivity contribution in [1.29, 1.82) is 0 Å². The monoisotopic (exact) mass is 281 g/mol. The van der Waals surface area contributed by atoms with Crippen LogP contribution in [0, 0.1) is 10.1 Å². The van der Waals surface area contributed by atoms with Crippen molar-refractivity contribution >= 4 is 21.8 Å². The molecule has 18 heavy (non-hydrogen) atoms. The number of nitro groups is 1. The first-order valence-electron chi connectivity index (χ1n) is 4.17. The zero-order chi connectivity index (χ0) is 14.3. The van der Waals surface area contributed by atoms with Crippen LogP contribution in [-0.4, -0.2) is 29.6 Å². The summed E-state index contributed by atoms with van der Waals surface area (Å²) in [5, 5.41) is 10.4. The molecule has 0 aliphatic heterocycles. The Labute approximate surface area is 102 Å². The molecule has 0 aliphatic rings. The fourth-order valence-corrected chi connectivity index (χ4v) is 0.890. The van der Waals surface area contributed by atoms with Gasteiger partial charge in [0.15, 0.2) is 0 Å². The molecule has 1 aromatic carbocycles. The van der Waals surface area contributed by atoms with Crippen LogP contribution in [0.2, 0.25) is 0 Å². The van der Waals surface area contributed by atoms with E-state index >= 15 is 0 Å². The Morgan fingerprint density at radius 3 is 2.22 bits per heavy atom. The van der Waals surface area contributed by atoms with Crippen molar-refractivity contribution in [2.24, 2.45) is 5.84 Å². The molecule has 0 spiro atoms. The number of anilines is 1. The summed E-state index contributed by atoms with van der Waals surface area (Å²) in [4.78, 5) is 9.91. The fourth-order valence-electron chi connectivity index (χ4n) is 0.890. The summed E-state index contributed by atoms with van der Waals surface area (Å²) in [6.07, 6.45) is 0. The highest BCUT2D eigenvalue weighted by Crippen LogP contribution is 2.24. The third-order valence-electron chi connectivity index (χ3n) is 1.50. The van der Waals surface area contributed by atoms with E-state index in [0.717, 1.165) is 0 Å². The summed E-state index contributed by atoms with van der Waals surface area (Å²) in [6.45, 7) is 0. The number of hydrogen-bond acceptors (Lipinski definition) is 7. The molecule has 0 atom stereocenters. The average molecular weight is 281 g/mol. The Morgan fingerprint density at radius 1 is 1.39 bits per heavy atom. The Bertz CT molecular complexity index is 486. The van der Waals surface area contributed by atoms with Crippen LogP contribution in [0.3, 0.4) is 0 Å². The normalized spacial score (nSPS) is 10.0. The van der Waals surface area contributed by atoms with Gasteiger partial charge >= 0.3 is 10.4 Å². The molecule has 0 aromatic heterocycles. The standard InChI is InChI=1S/C7H9N3O3.H2O4S/c1-13-7-3-5(9-8)2-6(4-7)10(11)12;1-5(2,3)4/h2-4,9H,8H2,1H3;(H2,1,2,3,4). The molecule has 0 unspecified atom stereocenters. The summed E-state index contributed by atoms with van der Waals surface area (Å²) < 4.78 is 36.4. The summed E-state index contributed by atoms with van der Waals surface area (Å²) in [5.74, 6) is 5.51. The number of hydrazine groups is 1. The van der Waals surface area contributed by atoms with Crippen LogP contribution >= 0.6 is 0 Å². The van der Waals surface area contributed by atoms with Gasteiger partial charge in [0.05, 0.1) is 23.8 Å². The minimum Gasteiger partial charge on any atom is -0.496 e. The second kappa shape index (κ2) is 6.70. The zero-order valence-electron chi connectivity index (χ0n) is 9.10. The highest BCUT2D eigenvalue weighted by atomic mass is 32.3. The highest BCUT2D eigenvalue weighted by Gasteiger charge is 2.08. The number of hydrogen-bond donors (Lipinski definition) is 4. The van der Waals surface area contributed by atoms with E-state index in [0.29, 0.717) is 11.4 Å². The second-order valence-corrected chi connectivity index (χ2v) is 3.66. The lowest BCUT2D eigenvalue weighted by Gasteiger charge is -2.03. The van der Waals surface area contributed by atoms with Crippen LogP contribution in [-0.2, 0) is 10.4 Å². The Kier molecular flexibility index (Phi) is 5.98. The molecule has 102 valence electrons. The van der Waals surface area contributed by atoms with Crippen molar-refractivity contribution in [2.75, 3.05) is 12.5 Å². The molecule has 0 amide bonds. The molecule has 0 saturated carbocycles. The summed E-state index contributed by atoms with van der Waals surface area (Å²) >= 11 is 0. The molecule has 0 bridgehead atoms. The number of nitrogens with one attached hydrogen (secondary N) is 1. The number of ether oxygens (including phenoxy) is 1. The third-order valence-corrected chi connectivity index (χ3v) is 1.50. The van der Waals surface area contributed by atoms with Crippen molar-refractivity contribution in [1.82, 2.24) is 0 Å². The van der Waals surface area contributed by atoms with Crippen LogP contribution in [0.25, 0.3) is 0 Å². The van der Waals surface area contributed by atoms with Gasteiger partial charge in [-0.3, -0.25) is 25.1 Å². The molecular weight excluding hydrogens is 270 g/mol. The number of nitro benzene ring substituents is 1. The van der Waals surface area contributed by atoms with Crippen LogP contribution < -0.4 is 16.0 Å². The van der Waals surface area contributed by atoms with Gasteiger partial charge in [0.25, 0.3) is 5.69 Å². The lowest BCUT2D eigenvalue weighted by atomic mass is 10.2. The molecule has 0 aliphatic carbocycles. The largest absolute Gasteiger partial charge is 0.496 e. The minimum absolute atomic E-state index is 0.0627. The predicted octanol–water partition coefficient (Wildman–Crippen LogP) is 0.236. The summed E-state index contributed by atoms with van der Waals surface area (Å²) in [6, 6.07) is 4.20. The SMILES string of the molecule is COc1cc(NN)cc([N+](=O)[O-])c1.O=S(=O)(O)O. The lowest BCUT2D eigenvalue weighted by Crippen LogP contribution is -2.07. The highest BCUT2D eigenvalue weighted by molar-refractivity contribution is 7.79. The second-order valence-electron chi connectivity index (χ2n) is 2.77. The van der Waals surface area contributed by atoms with E-state index in [1.807, 2.05) is 0 Å². The lowest BCUT2D eigenvalue weighted by molar-refractivity contribution is -0.384. The molecule has 5 N–H and O–H groups in total. The van der Waals surface area contributed by atoms with Gasteiger partial charge in [-0.25, -0.2) is 0 Å². The van der Waals surface area contributed by atoms with E-state index in [2.05, 4.69) is 5.43 Å². The summed E-state index contributed by atoms with van der Waals surface area (Å²) in [5.41, 5.74) is 2.69. The Morgan fingerprint density at radius 2 is 1.89 bits per heavy atom. The fraction of sp³-hybridized carbons (Fsp3) is 0.143. The number of nitrogens with zero attached hydrogens (tertiary/aromatic N) is 1. The van der Waals surface area contributed by atoms with E-state index in [-0.39, 0.29) is 5.69 Å². The van der Waals surface area contributed by atoms with E-state index < -0.39 is 15.3 Å². The zero-order valence-corrected chi connectivity index (χ0v) is 9.92. The van der Waals surface area contributed by atoms with Crippen molar-refractivity contribution in [3.8, 4) is 5.75 Å². The predicted molar refractivity (Wildman–Crippen MR) is 61.6 cm³/mol. The van der Waals surface area contributed by atoms with Crippen LogP contribution in [0.5, 0.6) is 5.75 Å². The quantitative estimate of drug-likeness (QED) is 0.262. The first-order chi connectivity index (χ1) is 8.17. The maximum atomic E-state index is 10.4. The Hall–Kier alpha value is -1.95. The molecule has 1 rings (SSSR count). The van der Waals surface area contributed by atoms with Crippen molar-refractivity contribution < 1.29 is 27.2 Å². The number of non-ortho nitro benzene ring substituents is 1. The number of methoxy groups -OCH3 is 1. The first-order valence-corrected chi connectivity index (χ1v) is 5.57. The topological polar surface area (TPSA) is 165 Å². The van der Waals surface area contributed by atoms with E-state index in [4.69, 9.17) is 28.1 Å². The molecule has 0 heterocycles. The Balaban J connectivity index is 0.000000494. The average Bonchev–Trinajstić information content (AvgIpc) is 2.26. The van der Waals surface area contributed by atoms with E-state index in [1.165, 1.54) is 19.2 Å². The van der Waals surface area contributed by atoms with Gasteiger partial charge in [-0.1, -0.05) is 0 Å². The molecule has 10 nitrogen and oxygen atoms in total. The molecule has 0 saturated heterocycles. The maximum absolute atomic E-state index is 10.4. The number of nitrogen functional groups attached to an aromatic ring is 1. The van der Waals surface area contributed by atoms with Crippen molar-refractivity contribution in [3.05, 3.63) is 28.3 Å². The molecule has 11 heteroatoms. The van der Waals surface area contributed by atoms with E-state index in [9.17, 15) is 10.1 Å². The third kappa shape index (κ3) is 7.34. The number of rotatable bonds is 3. The molecular formula is C7H11N3O7S. The van der Waals surface area contributed by atoms with Gasteiger partial charge in [-0.2, -0.15) is 8.42 Å². The smallest absolute Gasteiger partial charge is 0.394 e. The molecule has 0 fully saturated rings. The molecule has 1 aromatic rings. The minimum atomic E-state index is -4.67. The van der Waals surface area contributed by atoms with Crippen molar-refractivity contribution in [2.45, 2.75) is 0 Å². The van der Waals surface area contributed by atoms with E-state index in [1.54, 1.807) is 6.07 Å². The van der Waals surface area contributed by atoms with Crippen LogP contribution in [0.15, 0.2) is 18.2 Å². The molecule has 0 radical (unpaired) electrons. The van der Waals surface area contributed by atoms with Crippen LogP contribution in [0.4, 0.5) is 11.4 Å². The van der Waals surface area contributed by atoms with Gasteiger partial charge in [-0.05, 0) is 0 Å². The van der Waals surface area contributed by atoms with Gasteiger partial charge in [0.1, 0.15) is 5.75 Å². The van der Waals surface area contributed by atoms with Gasteiger partial charge in [0, 0.05) is 12.1 Å². The van der Waals surface area contributed by atoms with Gasteiger partial charge in [0.2, 0.25) is 0 Å². The van der Waals surface area contributed by atoms with Crippen LogP contribution in [0.1, 0.15) is 0 Å². The van der Waals surface area contributed by atoms with Gasteiger partial charge in [-0.15, -0.1) is 0 Å². The van der Waals surface area contributed by atoms with Crippen molar-refractivity contribution in [3.63, 3.8) is 0 Å². The van der Waals surface area contributed by atoms with Gasteiger partial charge < -0.3 is 10.2 Å². The summed E-state index contributed by atoms with van der Waals surface area (Å²) in [7, 11) is -3.24.